The van der Waals surface area contributed by atoms with Gasteiger partial charge in [0.15, 0.2) is 5.96 Å². The number of aliphatic imine (C=N–C) groups is 1. The van der Waals surface area contributed by atoms with E-state index in [1.54, 1.807) is 31.7 Å². The molecule has 2 aromatic rings. The van der Waals surface area contributed by atoms with Crippen molar-refractivity contribution in [1.82, 2.24) is 15.6 Å². The summed E-state index contributed by atoms with van der Waals surface area (Å²) in [6, 6.07) is 8.10. The van der Waals surface area contributed by atoms with Crippen LogP contribution in [-0.4, -0.2) is 31.6 Å². The van der Waals surface area contributed by atoms with Gasteiger partial charge in [-0.3, -0.25) is 4.99 Å². The van der Waals surface area contributed by atoms with Gasteiger partial charge in [0, 0.05) is 42.7 Å². The zero-order valence-corrected chi connectivity index (χ0v) is 14.9. The van der Waals surface area contributed by atoms with Gasteiger partial charge < -0.3 is 15.4 Å². The summed E-state index contributed by atoms with van der Waals surface area (Å²) in [5.74, 6) is 1.40. The monoisotopic (exact) mass is 332 g/mol. The number of rotatable bonds is 6. The van der Waals surface area contributed by atoms with Crippen LogP contribution in [0.3, 0.4) is 0 Å². The second-order valence-electron chi connectivity index (χ2n) is 5.85. The van der Waals surface area contributed by atoms with E-state index in [-0.39, 0.29) is 5.41 Å². The average molecular weight is 332 g/mol. The zero-order chi connectivity index (χ0) is 16.7. The van der Waals surface area contributed by atoms with Crippen molar-refractivity contribution in [2.75, 3.05) is 20.7 Å². The predicted octanol–water partition coefficient (Wildman–Crippen LogP) is 2.79. The maximum absolute atomic E-state index is 5.06. The molecule has 0 aliphatic rings. The Kier molecular flexibility index (Phi) is 5.98. The van der Waals surface area contributed by atoms with Crippen LogP contribution < -0.4 is 15.4 Å². The van der Waals surface area contributed by atoms with Crippen molar-refractivity contribution in [1.29, 1.82) is 0 Å². The number of nitrogens with zero attached hydrogens (tertiary/aromatic N) is 2. The van der Waals surface area contributed by atoms with Gasteiger partial charge in [-0.25, -0.2) is 4.98 Å². The minimum atomic E-state index is 0.0630. The van der Waals surface area contributed by atoms with Gasteiger partial charge in [-0.05, 0) is 17.0 Å². The summed E-state index contributed by atoms with van der Waals surface area (Å²) in [5, 5.41) is 8.81. The van der Waals surface area contributed by atoms with Gasteiger partial charge in [-0.1, -0.05) is 26.0 Å². The number of guanidine groups is 1. The number of hydrogen-bond acceptors (Lipinski definition) is 4. The Labute approximate surface area is 141 Å². The van der Waals surface area contributed by atoms with E-state index < -0.39 is 0 Å². The van der Waals surface area contributed by atoms with E-state index in [9.17, 15) is 0 Å². The Balaban J connectivity index is 1.85. The van der Waals surface area contributed by atoms with E-state index in [0.29, 0.717) is 12.4 Å². The molecule has 0 spiro atoms. The number of nitrogens with one attached hydrogen (secondary N) is 2. The molecule has 124 valence electrons. The molecule has 2 rings (SSSR count). The van der Waals surface area contributed by atoms with E-state index in [2.05, 4.69) is 52.0 Å². The third-order valence-electron chi connectivity index (χ3n) is 3.58. The van der Waals surface area contributed by atoms with Crippen LogP contribution in [0.2, 0.25) is 0 Å². The molecular formula is C17H24N4OS. The van der Waals surface area contributed by atoms with Gasteiger partial charge in [0.05, 0.1) is 7.11 Å². The summed E-state index contributed by atoms with van der Waals surface area (Å²) in [5.41, 5.74) is 1.14. The van der Waals surface area contributed by atoms with Crippen LogP contribution in [0.1, 0.15) is 24.3 Å². The highest BCUT2D eigenvalue weighted by atomic mass is 32.1. The summed E-state index contributed by atoms with van der Waals surface area (Å²) < 4.78 is 5.06. The molecule has 0 saturated carbocycles. The maximum atomic E-state index is 5.06. The van der Waals surface area contributed by atoms with Crippen molar-refractivity contribution in [3.8, 4) is 5.88 Å². The molecule has 5 nitrogen and oxygen atoms in total. The largest absolute Gasteiger partial charge is 0.481 e. The fraction of sp³-hybridized carbons (Fsp3) is 0.412. The lowest BCUT2D eigenvalue weighted by Crippen LogP contribution is -2.42. The fourth-order valence-electron chi connectivity index (χ4n) is 2.10. The number of aromatic nitrogens is 1. The number of hydrogen-bond donors (Lipinski definition) is 2. The Hall–Kier alpha value is -2.08. The number of methoxy groups -OCH3 is 1. The second kappa shape index (κ2) is 7.97. The van der Waals surface area contributed by atoms with Gasteiger partial charge in [0.1, 0.15) is 0 Å². The van der Waals surface area contributed by atoms with Crippen LogP contribution >= 0.6 is 11.3 Å². The Morgan fingerprint density at radius 3 is 2.70 bits per heavy atom. The molecule has 0 aliphatic heterocycles. The lowest BCUT2D eigenvalue weighted by atomic mass is 9.91. The van der Waals surface area contributed by atoms with Crippen molar-refractivity contribution in [3.63, 3.8) is 0 Å². The molecule has 0 fully saturated rings. The highest BCUT2D eigenvalue weighted by molar-refractivity contribution is 7.10. The van der Waals surface area contributed by atoms with Crippen LogP contribution in [0.15, 0.2) is 40.8 Å². The molecule has 0 aromatic carbocycles. The molecule has 23 heavy (non-hydrogen) atoms. The number of pyridine rings is 1. The highest BCUT2D eigenvalue weighted by Crippen LogP contribution is 2.26. The first kappa shape index (κ1) is 17.3. The standard InChI is InChI=1S/C17H24N4OS/c1-17(2,14-6-5-9-23-14)12-21-16(18-3)20-11-13-7-8-15(22-4)19-10-13/h5-10H,11-12H2,1-4H3,(H2,18,20,21). The van der Waals surface area contributed by atoms with Gasteiger partial charge in [0.25, 0.3) is 0 Å². The summed E-state index contributed by atoms with van der Waals surface area (Å²) in [6.45, 7) is 5.93. The molecule has 2 N–H and O–H groups in total. The van der Waals surface area contributed by atoms with Crippen LogP contribution in [0.4, 0.5) is 0 Å². The second-order valence-corrected chi connectivity index (χ2v) is 6.80. The first-order valence-corrected chi connectivity index (χ1v) is 8.40. The van der Waals surface area contributed by atoms with Crippen molar-refractivity contribution in [3.05, 3.63) is 46.3 Å². The molecule has 2 aromatic heterocycles. The number of thiophene rings is 1. The molecule has 0 amide bonds. The van der Waals surface area contributed by atoms with Crippen molar-refractivity contribution in [2.24, 2.45) is 4.99 Å². The number of ether oxygens (including phenoxy) is 1. The first-order valence-electron chi connectivity index (χ1n) is 7.52. The molecule has 6 heteroatoms. The fourth-order valence-corrected chi connectivity index (χ4v) is 2.95. The molecule has 0 radical (unpaired) electrons. The van der Waals surface area contributed by atoms with E-state index in [1.165, 1.54) is 4.88 Å². The molecule has 0 saturated heterocycles. The lowest BCUT2D eigenvalue weighted by molar-refractivity contribution is 0.397. The van der Waals surface area contributed by atoms with Crippen molar-refractivity contribution < 1.29 is 4.74 Å². The normalized spacial score (nSPS) is 12.1. The molecule has 0 unspecified atom stereocenters. The van der Waals surface area contributed by atoms with Crippen LogP contribution in [0, 0.1) is 0 Å². The predicted molar refractivity (Wildman–Crippen MR) is 96.3 cm³/mol. The minimum Gasteiger partial charge on any atom is -0.481 e. The molecule has 0 bridgehead atoms. The molecule has 0 atom stereocenters. The third kappa shape index (κ3) is 4.96. The highest BCUT2D eigenvalue weighted by Gasteiger charge is 2.21. The minimum absolute atomic E-state index is 0.0630. The van der Waals surface area contributed by atoms with Crippen molar-refractivity contribution >= 4 is 17.3 Å². The maximum Gasteiger partial charge on any atom is 0.212 e. The lowest BCUT2D eigenvalue weighted by Gasteiger charge is -2.25. The van der Waals surface area contributed by atoms with Crippen LogP contribution in [-0.2, 0) is 12.0 Å². The SMILES string of the molecule is CN=C(NCc1ccc(OC)nc1)NCC(C)(C)c1cccs1. The van der Waals surface area contributed by atoms with E-state index in [0.717, 1.165) is 18.1 Å². The Morgan fingerprint density at radius 1 is 1.30 bits per heavy atom. The van der Waals surface area contributed by atoms with Gasteiger partial charge in [-0.2, -0.15) is 0 Å². The van der Waals surface area contributed by atoms with Gasteiger partial charge >= 0.3 is 0 Å². The summed E-state index contributed by atoms with van der Waals surface area (Å²) >= 11 is 1.78. The van der Waals surface area contributed by atoms with Crippen molar-refractivity contribution in [2.45, 2.75) is 25.8 Å². The van der Waals surface area contributed by atoms with E-state index in [1.807, 2.05) is 12.1 Å². The smallest absolute Gasteiger partial charge is 0.212 e. The van der Waals surface area contributed by atoms with E-state index in [4.69, 9.17) is 4.74 Å². The van der Waals surface area contributed by atoms with Crippen LogP contribution in [0.5, 0.6) is 5.88 Å². The van der Waals surface area contributed by atoms with E-state index >= 15 is 0 Å². The topological polar surface area (TPSA) is 58.5 Å². The first-order chi connectivity index (χ1) is 11.0. The van der Waals surface area contributed by atoms with Crippen LogP contribution in [0.25, 0.3) is 0 Å². The summed E-state index contributed by atoms with van der Waals surface area (Å²) in [6.07, 6.45) is 1.80. The van der Waals surface area contributed by atoms with Gasteiger partial charge in [-0.15, -0.1) is 11.3 Å². The quantitative estimate of drug-likeness (QED) is 0.631. The molecule has 0 aliphatic carbocycles. The molecule has 2 heterocycles. The third-order valence-corrected chi connectivity index (χ3v) is 4.81. The average Bonchev–Trinajstić information content (AvgIpc) is 3.11. The van der Waals surface area contributed by atoms with Gasteiger partial charge in [0.2, 0.25) is 5.88 Å². The summed E-state index contributed by atoms with van der Waals surface area (Å²) in [7, 11) is 3.39. The Bertz CT molecular complexity index is 621. The zero-order valence-electron chi connectivity index (χ0n) is 14.1. The Morgan fingerprint density at radius 2 is 2.13 bits per heavy atom. The summed E-state index contributed by atoms with van der Waals surface area (Å²) in [4.78, 5) is 9.83. The molecular weight excluding hydrogens is 308 g/mol.